The molecule has 1 heterocycles. The van der Waals surface area contributed by atoms with Crippen LogP contribution in [0.3, 0.4) is 0 Å². The zero-order chi connectivity index (χ0) is 14.0. The predicted molar refractivity (Wildman–Crippen MR) is 66.8 cm³/mol. The van der Waals surface area contributed by atoms with E-state index in [0.717, 1.165) is 6.07 Å². The van der Waals surface area contributed by atoms with E-state index in [-0.39, 0.29) is 5.69 Å². The first-order chi connectivity index (χ1) is 8.93. The summed E-state index contributed by atoms with van der Waals surface area (Å²) >= 11 is 3.04. The van der Waals surface area contributed by atoms with Gasteiger partial charge in [0, 0.05) is 11.0 Å². The van der Waals surface area contributed by atoms with Crippen molar-refractivity contribution in [2.75, 3.05) is 7.05 Å². The van der Waals surface area contributed by atoms with Crippen molar-refractivity contribution in [3.8, 4) is 5.69 Å². The molecule has 0 amide bonds. The van der Waals surface area contributed by atoms with E-state index >= 15 is 0 Å². The second-order valence-corrected chi connectivity index (χ2v) is 4.74. The Hall–Kier alpha value is -1.41. The van der Waals surface area contributed by atoms with Gasteiger partial charge in [0.05, 0.1) is 23.1 Å². The maximum absolute atomic E-state index is 13.0. The number of halogens is 4. The average molecular weight is 335 g/mol. The molecule has 2 aromatic rings. The fourth-order valence-corrected chi connectivity index (χ4v) is 2.04. The minimum atomic E-state index is -4.46. The summed E-state index contributed by atoms with van der Waals surface area (Å²) in [5, 5.41) is 10.2. The van der Waals surface area contributed by atoms with Crippen molar-refractivity contribution in [1.82, 2.24) is 20.3 Å². The van der Waals surface area contributed by atoms with E-state index in [1.807, 2.05) is 0 Å². The number of aromatic nitrogens is 3. The smallest absolute Gasteiger partial charge is 0.314 e. The first-order valence-electron chi connectivity index (χ1n) is 5.35. The molecule has 2 rings (SSSR count). The molecular formula is C11H10BrF3N4. The molecule has 1 aromatic carbocycles. The van der Waals surface area contributed by atoms with Crippen LogP contribution in [0.1, 0.15) is 11.3 Å². The third-order valence-corrected chi connectivity index (χ3v) is 2.96. The summed E-state index contributed by atoms with van der Waals surface area (Å²) in [5.41, 5.74) is -0.251. The van der Waals surface area contributed by atoms with E-state index in [1.54, 1.807) is 7.05 Å². The molecule has 0 aliphatic heterocycles. The van der Waals surface area contributed by atoms with Gasteiger partial charge < -0.3 is 5.32 Å². The fourth-order valence-electron chi connectivity index (χ4n) is 1.68. The van der Waals surface area contributed by atoms with Gasteiger partial charge in [-0.15, -0.1) is 5.10 Å². The molecule has 0 unspecified atom stereocenters. The van der Waals surface area contributed by atoms with Gasteiger partial charge in [0.2, 0.25) is 0 Å². The van der Waals surface area contributed by atoms with Crippen LogP contribution in [-0.4, -0.2) is 22.0 Å². The highest BCUT2D eigenvalue weighted by Gasteiger charge is 2.34. The van der Waals surface area contributed by atoms with E-state index in [4.69, 9.17) is 0 Å². The normalized spacial score (nSPS) is 11.8. The van der Waals surface area contributed by atoms with Gasteiger partial charge in [0.25, 0.3) is 0 Å². The minimum Gasteiger partial charge on any atom is -0.314 e. The van der Waals surface area contributed by atoms with Gasteiger partial charge in [0.1, 0.15) is 0 Å². The molecule has 1 aromatic heterocycles. The summed E-state index contributed by atoms with van der Waals surface area (Å²) in [6, 6.07) is 3.93. The molecule has 0 radical (unpaired) electrons. The maximum Gasteiger partial charge on any atom is 0.418 e. The van der Waals surface area contributed by atoms with Gasteiger partial charge in [0.15, 0.2) is 0 Å². The Morgan fingerprint density at radius 2 is 2.11 bits per heavy atom. The van der Waals surface area contributed by atoms with Crippen molar-refractivity contribution in [2.45, 2.75) is 12.7 Å². The number of hydrogen-bond donors (Lipinski definition) is 1. The SMILES string of the molecule is CNCc1cnnn1-c1ccc(Br)cc1C(F)(F)F. The first kappa shape index (κ1) is 14.0. The van der Waals surface area contributed by atoms with Crippen molar-refractivity contribution in [3.63, 3.8) is 0 Å². The van der Waals surface area contributed by atoms with Crippen molar-refractivity contribution < 1.29 is 13.2 Å². The van der Waals surface area contributed by atoms with Gasteiger partial charge in [-0.05, 0) is 25.2 Å². The lowest BCUT2D eigenvalue weighted by Crippen LogP contribution is -2.15. The number of nitrogens with zero attached hydrogens (tertiary/aromatic N) is 3. The molecule has 4 nitrogen and oxygen atoms in total. The van der Waals surface area contributed by atoms with Crippen molar-refractivity contribution in [3.05, 3.63) is 40.1 Å². The third kappa shape index (κ3) is 2.95. The molecule has 0 saturated carbocycles. The average Bonchev–Trinajstić information content (AvgIpc) is 2.76. The van der Waals surface area contributed by atoms with Gasteiger partial charge in [-0.1, -0.05) is 21.1 Å². The summed E-state index contributed by atoms with van der Waals surface area (Å²) in [6.07, 6.45) is -3.03. The minimum absolute atomic E-state index is 0.0431. The zero-order valence-corrected chi connectivity index (χ0v) is 11.5. The summed E-state index contributed by atoms with van der Waals surface area (Å²) in [6.45, 7) is 0.375. The lowest BCUT2D eigenvalue weighted by molar-refractivity contribution is -0.137. The molecule has 102 valence electrons. The van der Waals surface area contributed by atoms with Crippen LogP contribution in [0.4, 0.5) is 13.2 Å². The summed E-state index contributed by atoms with van der Waals surface area (Å²) < 4.78 is 40.7. The van der Waals surface area contributed by atoms with Crippen LogP contribution in [0, 0.1) is 0 Å². The Balaban J connectivity index is 2.58. The highest BCUT2D eigenvalue weighted by molar-refractivity contribution is 9.10. The molecule has 0 atom stereocenters. The maximum atomic E-state index is 13.0. The van der Waals surface area contributed by atoms with Crippen LogP contribution < -0.4 is 5.32 Å². The molecule has 1 N–H and O–H groups in total. The fraction of sp³-hybridized carbons (Fsp3) is 0.273. The van der Waals surface area contributed by atoms with Crippen molar-refractivity contribution >= 4 is 15.9 Å². The van der Waals surface area contributed by atoms with Gasteiger partial charge in [-0.3, -0.25) is 0 Å². The van der Waals surface area contributed by atoms with E-state index in [9.17, 15) is 13.2 Å². The molecular weight excluding hydrogens is 325 g/mol. The van der Waals surface area contributed by atoms with E-state index < -0.39 is 11.7 Å². The molecule has 19 heavy (non-hydrogen) atoms. The van der Waals surface area contributed by atoms with Crippen molar-refractivity contribution in [2.24, 2.45) is 0 Å². The second kappa shape index (κ2) is 5.30. The second-order valence-electron chi connectivity index (χ2n) is 3.83. The number of hydrogen-bond acceptors (Lipinski definition) is 3. The Morgan fingerprint density at radius 1 is 1.37 bits per heavy atom. The first-order valence-corrected chi connectivity index (χ1v) is 6.14. The molecule has 0 aliphatic carbocycles. The predicted octanol–water partition coefficient (Wildman–Crippen LogP) is 2.77. The van der Waals surface area contributed by atoms with Crippen LogP contribution in [-0.2, 0) is 12.7 Å². The van der Waals surface area contributed by atoms with Crippen LogP contribution in [0.25, 0.3) is 5.69 Å². The Morgan fingerprint density at radius 3 is 2.74 bits per heavy atom. The molecule has 8 heteroatoms. The van der Waals surface area contributed by atoms with Gasteiger partial charge in [-0.25, -0.2) is 4.68 Å². The van der Waals surface area contributed by atoms with E-state index in [1.165, 1.54) is 23.0 Å². The zero-order valence-electron chi connectivity index (χ0n) is 9.87. The lowest BCUT2D eigenvalue weighted by Gasteiger charge is -2.14. The van der Waals surface area contributed by atoms with Crippen LogP contribution in [0.5, 0.6) is 0 Å². The summed E-state index contributed by atoms with van der Waals surface area (Å²) in [4.78, 5) is 0. The molecule has 0 fully saturated rings. The third-order valence-electron chi connectivity index (χ3n) is 2.47. The van der Waals surface area contributed by atoms with Crippen LogP contribution in [0.15, 0.2) is 28.9 Å². The summed E-state index contributed by atoms with van der Waals surface area (Å²) in [7, 11) is 1.70. The Bertz CT molecular complexity index is 580. The molecule has 0 saturated heterocycles. The highest BCUT2D eigenvalue weighted by atomic mass is 79.9. The topological polar surface area (TPSA) is 42.7 Å². The molecule has 0 spiro atoms. The number of benzene rings is 1. The molecule has 0 aliphatic rings. The van der Waals surface area contributed by atoms with Gasteiger partial charge >= 0.3 is 6.18 Å². The Kier molecular flexibility index (Phi) is 3.91. The molecule has 0 bridgehead atoms. The van der Waals surface area contributed by atoms with E-state index in [0.29, 0.717) is 16.7 Å². The van der Waals surface area contributed by atoms with Crippen molar-refractivity contribution in [1.29, 1.82) is 0 Å². The van der Waals surface area contributed by atoms with Crippen LogP contribution >= 0.6 is 15.9 Å². The lowest BCUT2D eigenvalue weighted by atomic mass is 10.1. The Labute approximate surface area is 115 Å². The largest absolute Gasteiger partial charge is 0.418 e. The number of alkyl halides is 3. The highest BCUT2D eigenvalue weighted by Crippen LogP contribution is 2.35. The standard InChI is InChI=1S/C11H10BrF3N4/c1-16-5-8-6-17-18-19(8)10-3-2-7(12)4-9(10)11(13,14)15/h2-4,6,16H,5H2,1H3. The summed E-state index contributed by atoms with van der Waals surface area (Å²) in [5.74, 6) is 0. The van der Waals surface area contributed by atoms with Gasteiger partial charge in [-0.2, -0.15) is 13.2 Å². The van der Waals surface area contributed by atoms with E-state index in [2.05, 4.69) is 31.6 Å². The number of rotatable bonds is 3. The monoisotopic (exact) mass is 334 g/mol. The quantitative estimate of drug-likeness (QED) is 0.938. The number of nitrogens with one attached hydrogen (secondary N) is 1. The van der Waals surface area contributed by atoms with Crippen LogP contribution in [0.2, 0.25) is 0 Å².